The first kappa shape index (κ1) is 16.4. The molecule has 0 aliphatic heterocycles. The van der Waals surface area contributed by atoms with Crippen LogP contribution in [0.25, 0.3) is 0 Å². The van der Waals surface area contributed by atoms with Crippen LogP contribution in [0.2, 0.25) is 5.02 Å². The number of halogens is 1. The second-order valence-corrected chi connectivity index (χ2v) is 5.53. The number of aromatic nitrogens is 1. The Bertz CT molecular complexity index is 491. The molecule has 1 aromatic rings. The molecule has 0 atom stereocenters. The van der Waals surface area contributed by atoms with E-state index in [9.17, 15) is 9.59 Å². The minimum Gasteiger partial charge on any atom is -0.464 e. The molecule has 0 aromatic carbocycles. The van der Waals surface area contributed by atoms with Crippen molar-refractivity contribution in [3.63, 3.8) is 0 Å². The van der Waals surface area contributed by atoms with Crippen molar-refractivity contribution in [3.8, 4) is 0 Å². The Labute approximate surface area is 123 Å². The molecule has 0 fully saturated rings. The molecule has 0 unspecified atom stereocenters. The number of methoxy groups -OCH3 is 1. The van der Waals surface area contributed by atoms with Crippen molar-refractivity contribution in [1.29, 1.82) is 0 Å². The van der Waals surface area contributed by atoms with Gasteiger partial charge in [-0.25, -0.2) is 9.59 Å². The highest BCUT2D eigenvalue weighted by Crippen LogP contribution is 2.18. The van der Waals surface area contributed by atoms with Crippen LogP contribution in [-0.2, 0) is 16.0 Å². The average Bonchev–Trinajstić information content (AvgIpc) is 2.67. The summed E-state index contributed by atoms with van der Waals surface area (Å²) in [5, 5.41) is 2.92. The minimum atomic E-state index is -0.544. The zero-order valence-electron chi connectivity index (χ0n) is 12.0. The van der Waals surface area contributed by atoms with Crippen LogP contribution in [0.1, 0.15) is 31.3 Å². The Morgan fingerprint density at radius 3 is 2.60 bits per heavy atom. The smallest absolute Gasteiger partial charge is 0.407 e. The summed E-state index contributed by atoms with van der Waals surface area (Å²) in [5.41, 5.74) is -0.280. The number of alkyl carbamates (subject to hydrolysis) is 1. The molecule has 6 nitrogen and oxygen atoms in total. The van der Waals surface area contributed by atoms with E-state index >= 15 is 0 Å². The van der Waals surface area contributed by atoms with Crippen LogP contribution in [0.3, 0.4) is 0 Å². The Hall–Kier alpha value is -1.69. The lowest BCUT2D eigenvalue weighted by Crippen LogP contribution is -2.34. The molecule has 1 N–H and O–H groups in total. The molecule has 20 heavy (non-hydrogen) atoms. The molecule has 1 aromatic heterocycles. The molecule has 0 radical (unpaired) electrons. The van der Waals surface area contributed by atoms with Crippen molar-refractivity contribution < 1.29 is 19.1 Å². The normalized spacial score (nSPS) is 11.1. The molecule has 0 saturated heterocycles. The largest absolute Gasteiger partial charge is 0.464 e. The first-order chi connectivity index (χ1) is 9.24. The molecular weight excluding hydrogens is 284 g/mol. The number of nitrogens with one attached hydrogen (secondary N) is 1. The third-order valence-corrected chi connectivity index (χ3v) is 2.62. The van der Waals surface area contributed by atoms with Crippen molar-refractivity contribution in [3.05, 3.63) is 23.0 Å². The van der Waals surface area contributed by atoms with Gasteiger partial charge in [-0.1, -0.05) is 11.6 Å². The lowest BCUT2D eigenvalue weighted by atomic mass is 10.2. The van der Waals surface area contributed by atoms with Crippen LogP contribution in [0, 0.1) is 0 Å². The molecule has 1 rings (SSSR count). The average molecular weight is 303 g/mol. The summed E-state index contributed by atoms with van der Waals surface area (Å²) in [7, 11) is 1.29. The van der Waals surface area contributed by atoms with Gasteiger partial charge in [0.05, 0.1) is 12.1 Å². The van der Waals surface area contributed by atoms with Gasteiger partial charge < -0.3 is 19.4 Å². The topological polar surface area (TPSA) is 69.6 Å². The molecule has 0 aliphatic carbocycles. The summed E-state index contributed by atoms with van der Waals surface area (Å²) in [5.74, 6) is -0.516. The fraction of sp³-hybridized carbons (Fsp3) is 0.538. The van der Waals surface area contributed by atoms with Crippen LogP contribution in [0.4, 0.5) is 4.79 Å². The van der Waals surface area contributed by atoms with E-state index in [4.69, 9.17) is 16.3 Å². The van der Waals surface area contributed by atoms with Gasteiger partial charge in [-0.05, 0) is 26.8 Å². The number of ether oxygens (including phenoxy) is 2. The molecule has 0 saturated carbocycles. The zero-order valence-corrected chi connectivity index (χ0v) is 12.8. The Balaban J connectivity index is 2.55. The maximum atomic E-state index is 11.6. The number of hydrogen-bond acceptors (Lipinski definition) is 4. The monoisotopic (exact) mass is 302 g/mol. The highest BCUT2D eigenvalue weighted by atomic mass is 35.5. The standard InChI is InChI=1S/C13H19ClN2O4/c1-13(2,3)20-12(18)15-6-8-16-7-5-9(14)10(16)11(17)19-4/h5,7H,6,8H2,1-4H3,(H,15,18). The van der Waals surface area contributed by atoms with E-state index in [1.54, 1.807) is 37.6 Å². The van der Waals surface area contributed by atoms with Gasteiger partial charge in [0, 0.05) is 19.3 Å². The van der Waals surface area contributed by atoms with E-state index in [0.717, 1.165) is 0 Å². The summed E-state index contributed by atoms with van der Waals surface area (Å²) < 4.78 is 11.4. The van der Waals surface area contributed by atoms with Gasteiger partial charge in [0.15, 0.2) is 0 Å². The van der Waals surface area contributed by atoms with E-state index in [2.05, 4.69) is 10.1 Å². The first-order valence-corrected chi connectivity index (χ1v) is 6.52. The summed E-state index contributed by atoms with van der Waals surface area (Å²) in [6, 6.07) is 1.60. The predicted molar refractivity (Wildman–Crippen MR) is 75.0 cm³/mol. The minimum absolute atomic E-state index is 0.264. The lowest BCUT2D eigenvalue weighted by Gasteiger charge is -2.19. The molecule has 0 bridgehead atoms. The van der Waals surface area contributed by atoms with E-state index in [1.807, 2.05) is 0 Å². The highest BCUT2D eigenvalue weighted by molar-refractivity contribution is 6.33. The van der Waals surface area contributed by atoms with E-state index in [0.29, 0.717) is 18.1 Å². The fourth-order valence-electron chi connectivity index (χ4n) is 1.54. The van der Waals surface area contributed by atoms with Gasteiger partial charge in [-0.15, -0.1) is 0 Å². The highest BCUT2D eigenvalue weighted by Gasteiger charge is 2.18. The molecule has 0 aliphatic rings. The second kappa shape index (κ2) is 6.65. The number of rotatable bonds is 4. The third-order valence-electron chi connectivity index (χ3n) is 2.31. The molecule has 1 amide bonds. The van der Waals surface area contributed by atoms with Gasteiger partial charge in [0.25, 0.3) is 0 Å². The Kier molecular flexibility index (Phi) is 5.44. The van der Waals surface area contributed by atoms with Crippen LogP contribution in [0.15, 0.2) is 12.3 Å². The molecular formula is C13H19ClN2O4. The predicted octanol–water partition coefficient (Wildman–Crippen LogP) is 2.45. The van der Waals surface area contributed by atoms with Gasteiger partial charge in [0.2, 0.25) is 0 Å². The first-order valence-electron chi connectivity index (χ1n) is 6.14. The number of amides is 1. The third kappa shape index (κ3) is 4.77. The second-order valence-electron chi connectivity index (χ2n) is 5.13. The van der Waals surface area contributed by atoms with Gasteiger partial charge >= 0.3 is 12.1 Å². The number of carbonyl (C=O) groups excluding carboxylic acids is 2. The van der Waals surface area contributed by atoms with Crippen molar-refractivity contribution in [2.75, 3.05) is 13.7 Å². The van der Waals surface area contributed by atoms with Gasteiger partial charge in [-0.2, -0.15) is 0 Å². The molecule has 112 valence electrons. The summed E-state index contributed by atoms with van der Waals surface area (Å²) in [6.45, 7) is 6.05. The molecule has 0 spiro atoms. The SMILES string of the molecule is COC(=O)c1c(Cl)ccn1CCNC(=O)OC(C)(C)C. The summed E-state index contributed by atoms with van der Waals surface area (Å²) >= 11 is 5.91. The Morgan fingerprint density at radius 2 is 2.05 bits per heavy atom. The van der Waals surface area contributed by atoms with Gasteiger partial charge in [0.1, 0.15) is 11.3 Å². The number of nitrogens with zero attached hydrogens (tertiary/aromatic N) is 1. The van der Waals surface area contributed by atoms with E-state index < -0.39 is 17.7 Å². The number of hydrogen-bond donors (Lipinski definition) is 1. The van der Waals surface area contributed by atoms with Crippen LogP contribution in [0.5, 0.6) is 0 Å². The maximum absolute atomic E-state index is 11.6. The van der Waals surface area contributed by atoms with Crippen LogP contribution in [-0.4, -0.2) is 35.9 Å². The van der Waals surface area contributed by atoms with Crippen molar-refractivity contribution in [2.24, 2.45) is 0 Å². The van der Waals surface area contributed by atoms with Crippen molar-refractivity contribution in [2.45, 2.75) is 32.9 Å². The fourth-order valence-corrected chi connectivity index (χ4v) is 1.78. The summed E-state index contributed by atoms with van der Waals surface area (Å²) in [4.78, 5) is 23.0. The maximum Gasteiger partial charge on any atom is 0.407 e. The van der Waals surface area contributed by atoms with Crippen molar-refractivity contribution >= 4 is 23.7 Å². The lowest BCUT2D eigenvalue weighted by molar-refractivity contribution is 0.0526. The van der Waals surface area contributed by atoms with Crippen LogP contribution < -0.4 is 5.32 Å². The Morgan fingerprint density at radius 1 is 1.40 bits per heavy atom. The van der Waals surface area contributed by atoms with E-state index in [-0.39, 0.29) is 5.69 Å². The van der Waals surface area contributed by atoms with Gasteiger partial charge in [-0.3, -0.25) is 0 Å². The number of esters is 1. The number of carbonyl (C=O) groups is 2. The van der Waals surface area contributed by atoms with E-state index in [1.165, 1.54) is 7.11 Å². The molecule has 7 heteroatoms. The summed E-state index contributed by atoms with van der Waals surface area (Å²) in [6.07, 6.45) is 1.15. The quantitative estimate of drug-likeness (QED) is 0.867. The van der Waals surface area contributed by atoms with Crippen molar-refractivity contribution in [1.82, 2.24) is 9.88 Å². The molecule has 1 heterocycles. The van der Waals surface area contributed by atoms with Crippen LogP contribution >= 0.6 is 11.6 Å². The zero-order chi connectivity index (χ0) is 15.3.